The molecule has 0 aliphatic carbocycles. The van der Waals surface area contributed by atoms with Crippen molar-refractivity contribution < 1.29 is 32.2 Å². The van der Waals surface area contributed by atoms with Gasteiger partial charge in [0.1, 0.15) is 0 Å². The summed E-state index contributed by atoms with van der Waals surface area (Å²) in [6.07, 6.45) is -7.55. The van der Waals surface area contributed by atoms with Crippen LogP contribution in [0.2, 0.25) is 0 Å². The standard InChI is InChI=1S/C15H16F3NO4/c1-3-22-12(20)9-10(2)19-14(21)23-13(15(16,17)18)11-7-5-4-6-8-11/h4-9,13H,3H2,1-2H3,(H,19,21). The normalized spacial score (nSPS) is 13.2. The second kappa shape index (κ2) is 8.21. The third kappa shape index (κ3) is 6.41. The van der Waals surface area contributed by atoms with Gasteiger partial charge in [-0.15, -0.1) is 0 Å². The smallest absolute Gasteiger partial charge is 0.429 e. The van der Waals surface area contributed by atoms with Crippen LogP contribution in [-0.2, 0) is 14.3 Å². The molecule has 0 aliphatic heterocycles. The third-order valence-corrected chi connectivity index (χ3v) is 2.54. The quantitative estimate of drug-likeness (QED) is 0.663. The first-order valence-corrected chi connectivity index (χ1v) is 6.68. The fraction of sp³-hybridized carbons (Fsp3) is 0.333. The predicted octanol–water partition coefficient (Wildman–Crippen LogP) is 3.48. The molecule has 0 saturated heterocycles. The molecule has 0 saturated carbocycles. The van der Waals surface area contributed by atoms with E-state index in [1.54, 1.807) is 13.0 Å². The highest BCUT2D eigenvalue weighted by atomic mass is 19.4. The van der Waals surface area contributed by atoms with Gasteiger partial charge in [-0.25, -0.2) is 9.59 Å². The minimum atomic E-state index is -4.77. The summed E-state index contributed by atoms with van der Waals surface area (Å²) in [5.74, 6) is -0.722. The lowest BCUT2D eigenvalue weighted by Gasteiger charge is -2.21. The van der Waals surface area contributed by atoms with Gasteiger partial charge in [0.05, 0.1) is 6.61 Å². The number of halogens is 3. The molecule has 126 valence electrons. The fourth-order valence-corrected chi connectivity index (χ4v) is 1.65. The van der Waals surface area contributed by atoms with E-state index >= 15 is 0 Å². The van der Waals surface area contributed by atoms with E-state index in [0.717, 1.165) is 6.08 Å². The zero-order valence-electron chi connectivity index (χ0n) is 12.5. The number of nitrogens with one attached hydrogen (secondary N) is 1. The number of allylic oxidation sites excluding steroid dienone is 1. The maximum Gasteiger partial charge on any atom is 0.429 e. The van der Waals surface area contributed by atoms with Crippen molar-refractivity contribution in [2.45, 2.75) is 26.1 Å². The van der Waals surface area contributed by atoms with E-state index in [1.807, 2.05) is 5.32 Å². The molecule has 23 heavy (non-hydrogen) atoms. The molecule has 0 bridgehead atoms. The number of benzene rings is 1. The number of carbonyl (C=O) groups excluding carboxylic acids is 2. The number of amides is 1. The zero-order chi connectivity index (χ0) is 17.5. The molecule has 1 aromatic rings. The van der Waals surface area contributed by atoms with Crippen molar-refractivity contribution in [1.29, 1.82) is 0 Å². The Bertz CT molecular complexity index is 570. The van der Waals surface area contributed by atoms with Gasteiger partial charge in [-0.3, -0.25) is 5.32 Å². The summed E-state index contributed by atoms with van der Waals surface area (Å²) in [6, 6.07) is 6.76. The summed E-state index contributed by atoms with van der Waals surface area (Å²) in [4.78, 5) is 22.8. The zero-order valence-corrected chi connectivity index (χ0v) is 12.5. The van der Waals surface area contributed by atoms with Gasteiger partial charge < -0.3 is 9.47 Å². The highest BCUT2D eigenvalue weighted by Gasteiger charge is 2.44. The Hall–Kier alpha value is -2.51. The van der Waals surface area contributed by atoms with Crippen LogP contribution in [0.3, 0.4) is 0 Å². The summed E-state index contributed by atoms with van der Waals surface area (Å²) in [5, 5.41) is 2.04. The van der Waals surface area contributed by atoms with Gasteiger partial charge in [0, 0.05) is 17.3 Å². The highest BCUT2D eigenvalue weighted by Crippen LogP contribution is 2.35. The first-order valence-electron chi connectivity index (χ1n) is 6.68. The van der Waals surface area contributed by atoms with Crippen LogP contribution in [0.5, 0.6) is 0 Å². The highest BCUT2D eigenvalue weighted by molar-refractivity contribution is 5.83. The maximum atomic E-state index is 13.0. The van der Waals surface area contributed by atoms with Crippen molar-refractivity contribution >= 4 is 12.1 Å². The molecule has 1 unspecified atom stereocenters. The monoisotopic (exact) mass is 331 g/mol. The number of hydrogen-bond donors (Lipinski definition) is 1. The molecule has 0 radical (unpaired) electrons. The van der Waals surface area contributed by atoms with Crippen molar-refractivity contribution in [2.75, 3.05) is 6.61 Å². The molecule has 1 aromatic carbocycles. The second-order valence-corrected chi connectivity index (χ2v) is 4.44. The Kier molecular flexibility index (Phi) is 6.62. The molecular formula is C15H16F3NO4. The first kappa shape index (κ1) is 18.5. The van der Waals surface area contributed by atoms with E-state index in [-0.39, 0.29) is 17.9 Å². The number of ether oxygens (including phenoxy) is 2. The Labute approximate surface area is 131 Å². The molecule has 1 amide bonds. The van der Waals surface area contributed by atoms with E-state index in [0.29, 0.717) is 0 Å². The number of hydrogen-bond acceptors (Lipinski definition) is 4. The molecule has 5 nitrogen and oxygen atoms in total. The molecule has 0 aromatic heterocycles. The van der Waals surface area contributed by atoms with E-state index in [1.165, 1.54) is 31.2 Å². The molecule has 0 spiro atoms. The van der Waals surface area contributed by atoms with E-state index in [2.05, 4.69) is 9.47 Å². The lowest BCUT2D eigenvalue weighted by Crippen LogP contribution is -2.31. The van der Waals surface area contributed by atoms with Crippen LogP contribution in [-0.4, -0.2) is 24.8 Å². The minimum absolute atomic E-state index is 0.00226. The lowest BCUT2D eigenvalue weighted by atomic mass is 10.1. The molecule has 1 N–H and O–H groups in total. The SMILES string of the molecule is CCOC(=O)C=C(C)NC(=O)OC(c1ccccc1)C(F)(F)F. The number of rotatable bonds is 5. The summed E-state index contributed by atoms with van der Waals surface area (Å²) in [7, 11) is 0. The average molecular weight is 331 g/mol. The molecule has 0 aliphatic rings. The van der Waals surface area contributed by atoms with E-state index < -0.39 is 24.3 Å². The molecule has 8 heteroatoms. The number of alkyl halides is 3. The molecule has 1 rings (SSSR count). The third-order valence-electron chi connectivity index (χ3n) is 2.54. The number of alkyl carbamates (subject to hydrolysis) is 1. The largest absolute Gasteiger partial charge is 0.463 e. The van der Waals surface area contributed by atoms with Crippen molar-refractivity contribution in [1.82, 2.24) is 5.32 Å². The molecule has 1 atom stereocenters. The molecule has 0 heterocycles. The van der Waals surface area contributed by atoms with Gasteiger partial charge in [0.2, 0.25) is 6.10 Å². The maximum absolute atomic E-state index is 13.0. The van der Waals surface area contributed by atoms with Crippen LogP contribution in [0.15, 0.2) is 42.1 Å². The van der Waals surface area contributed by atoms with E-state index in [9.17, 15) is 22.8 Å². The summed E-state index contributed by atoms with van der Waals surface area (Å²) < 4.78 is 48.1. The Balaban J connectivity index is 2.77. The van der Waals surface area contributed by atoms with Gasteiger partial charge in [-0.2, -0.15) is 13.2 Å². The van der Waals surface area contributed by atoms with Crippen LogP contribution < -0.4 is 5.32 Å². The van der Waals surface area contributed by atoms with Crippen LogP contribution in [0.25, 0.3) is 0 Å². The summed E-state index contributed by atoms with van der Waals surface area (Å²) >= 11 is 0. The summed E-state index contributed by atoms with van der Waals surface area (Å²) in [6.45, 7) is 3.05. The van der Waals surface area contributed by atoms with Gasteiger partial charge >= 0.3 is 18.2 Å². The Morgan fingerprint density at radius 1 is 1.26 bits per heavy atom. The van der Waals surface area contributed by atoms with Gasteiger partial charge in [-0.05, 0) is 13.8 Å². The van der Waals surface area contributed by atoms with Gasteiger partial charge in [0.15, 0.2) is 0 Å². The number of esters is 1. The van der Waals surface area contributed by atoms with Crippen molar-refractivity contribution in [3.63, 3.8) is 0 Å². The Morgan fingerprint density at radius 3 is 2.39 bits per heavy atom. The van der Waals surface area contributed by atoms with Crippen LogP contribution in [0.1, 0.15) is 25.5 Å². The average Bonchev–Trinajstić information content (AvgIpc) is 2.44. The predicted molar refractivity (Wildman–Crippen MR) is 75.2 cm³/mol. The number of carbonyl (C=O) groups is 2. The van der Waals surface area contributed by atoms with Gasteiger partial charge in [0.25, 0.3) is 0 Å². The van der Waals surface area contributed by atoms with Crippen molar-refractivity contribution in [3.05, 3.63) is 47.7 Å². The first-order chi connectivity index (χ1) is 10.7. The van der Waals surface area contributed by atoms with Crippen LogP contribution >= 0.6 is 0 Å². The van der Waals surface area contributed by atoms with Crippen molar-refractivity contribution in [3.8, 4) is 0 Å². The van der Waals surface area contributed by atoms with Crippen LogP contribution in [0, 0.1) is 0 Å². The molecule has 0 fully saturated rings. The fourth-order valence-electron chi connectivity index (χ4n) is 1.65. The molecular weight excluding hydrogens is 315 g/mol. The van der Waals surface area contributed by atoms with Gasteiger partial charge in [-0.1, -0.05) is 30.3 Å². The van der Waals surface area contributed by atoms with E-state index in [4.69, 9.17) is 0 Å². The van der Waals surface area contributed by atoms with Crippen LogP contribution in [0.4, 0.5) is 18.0 Å². The Morgan fingerprint density at radius 2 is 1.87 bits per heavy atom. The lowest BCUT2D eigenvalue weighted by molar-refractivity contribution is -0.206. The second-order valence-electron chi connectivity index (χ2n) is 4.44. The summed E-state index contributed by atoms with van der Waals surface area (Å²) in [5.41, 5.74) is -0.204. The minimum Gasteiger partial charge on any atom is -0.463 e. The van der Waals surface area contributed by atoms with Crippen molar-refractivity contribution in [2.24, 2.45) is 0 Å². The topological polar surface area (TPSA) is 64.6 Å².